The number of hydrogen-bond donors (Lipinski definition) is 2. The highest BCUT2D eigenvalue weighted by molar-refractivity contribution is 5.95. The lowest BCUT2D eigenvalue weighted by Crippen LogP contribution is -1.99. The van der Waals surface area contributed by atoms with E-state index in [1.807, 2.05) is 13.0 Å². The Bertz CT molecular complexity index is 650. The molecule has 4 heteroatoms. The van der Waals surface area contributed by atoms with E-state index < -0.39 is 11.9 Å². The van der Waals surface area contributed by atoms with Crippen LogP contribution in [0.5, 0.6) is 0 Å². The molecule has 1 aliphatic rings. The van der Waals surface area contributed by atoms with Crippen molar-refractivity contribution in [1.29, 1.82) is 0 Å². The van der Waals surface area contributed by atoms with Crippen molar-refractivity contribution >= 4 is 17.5 Å². The van der Waals surface area contributed by atoms with E-state index in [2.05, 4.69) is 0 Å². The minimum absolute atomic E-state index is 0.0755. The fourth-order valence-corrected chi connectivity index (χ4v) is 2.00. The summed E-state index contributed by atoms with van der Waals surface area (Å²) in [5, 5.41) is 18.1. The van der Waals surface area contributed by atoms with Gasteiger partial charge in [-0.1, -0.05) is 37.3 Å². The third kappa shape index (κ3) is 3.03. The highest BCUT2D eigenvalue weighted by Crippen LogP contribution is 2.24. The first-order valence-corrected chi connectivity index (χ1v) is 6.16. The summed E-state index contributed by atoms with van der Waals surface area (Å²) in [7, 11) is 0. The van der Waals surface area contributed by atoms with E-state index in [0.29, 0.717) is 11.1 Å². The van der Waals surface area contributed by atoms with Crippen LogP contribution in [-0.4, -0.2) is 22.2 Å². The SMILES string of the molecule is C[C@@H]1C=CC(C(=O)O)=CC(c2cccc(C(=O)O)c2)=C1. The van der Waals surface area contributed by atoms with E-state index >= 15 is 0 Å². The minimum atomic E-state index is -1.00. The van der Waals surface area contributed by atoms with Gasteiger partial charge in [0.05, 0.1) is 11.1 Å². The van der Waals surface area contributed by atoms with Crippen LogP contribution in [0.1, 0.15) is 22.8 Å². The number of benzene rings is 1. The van der Waals surface area contributed by atoms with Crippen LogP contribution in [0.25, 0.3) is 5.57 Å². The molecule has 1 aliphatic carbocycles. The van der Waals surface area contributed by atoms with Crippen molar-refractivity contribution < 1.29 is 19.8 Å². The zero-order valence-corrected chi connectivity index (χ0v) is 10.9. The third-order valence-electron chi connectivity index (χ3n) is 3.02. The second kappa shape index (κ2) is 5.57. The molecule has 0 aliphatic heterocycles. The smallest absolute Gasteiger partial charge is 0.335 e. The second-order valence-electron chi connectivity index (χ2n) is 4.63. The number of aromatic carboxylic acids is 1. The van der Waals surface area contributed by atoms with Gasteiger partial charge in [-0.3, -0.25) is 0 Å². The first-order chi connectivity index (χ1) is 9.47. The largest absolute Gasteiger partial charge is 0.478 e. The Hall–Kier alpha value is -2.62. The van der Waals surface area contributed by atoms with E-state index in [1.54, 1.807) is 36.4 Å². The molecule has 4 nitrogen and oxygen atoms in total. The fraction of sp³-hybridized carbons (Fsp3) is 0.125. The van der Waals surface area contributed by atoms with Crippen molar-refractivity contribution in [3.63, 3.8) is 0 Å². The van der Waals surface area contributed by atoms with Gasteiger partial charge in [-0.25, -0.2) is 9.59 Å². The molecule has 0 amide bonds. The second-order valence-corrected chi connectivity index (χ2v) is 4.63. The van der Waals surface area contributed by atoms with Crippen molar-refractivity contribution in [3.05, 3.63) is 65.3 Å². The Morgan fingerprint density at radius 1 is 1.15 bits per heavy atom. The lowest BCUT2D eigenvalue weighted by Gasteiger charge is -2.06. The zero-order chi connectivity index (χ0) is 14.7. The summed E-state index contributed by atoms with van der Waals surface area (Å²) in [6.45, 7) is 1.94. The monoisotopic (exact) mass is 270 g/mol. The average molecular weight is 270 g/mol. The molecule has 0 spiro atoms. The standard InChI is InChI=1S/C16H14O4/c1-10-5-6-13(16(19)20)9-14(7-10)11-3-2-4-12(8-11)15(17)18/h2-10H,1H3,(H,17,18)(H,19,20)/t10-/m1/s1. The third-order valence-corrected chi connectivity index (χ3v) is 3.02. The minimum Gasteiger partial charge on any atom is -0.478 e. The molecule has 0 radical (unpaired) electrons. The molecule has 0 fully saturated rings. The maximum absolute atomic E-state index is 11.1. The summed E-state index contributed by atoms with van der Waals surface area (Å²) in [5.41, 5.74) is 1.77. The van der Waals surface area contributed by atoms with Gasteiger partial charge in [0.25, 0.3) is 0 Å². The van der Waals surface area contributed by atoms with Gasteiger partial charge in [0.15, 0.2) is 0 Å². The summed E-state index contributed by atoms with van der Waals surface area (Å²) in [6, 6.07) is 6.47. The quantitative estimate of drug-likeness (QED) is 0.885. The average Bonchev–Trinajstić information content (AvgIpc) is 2.61. The predicted octanol–water partition coefficient (Wildman–Crippen LogP) is 2.99. The van der Waals surface area contributed by atoms with Crippen molar-refractivity contribution in [2.75, 3.05) is 0 Å². The van der Waals surface area contributed by atoms with Crippen LogP contribution in [0.3, 0.4) is 0 Å². The van der Waals surface area contributed by atoms with Crippen LogP contribution in [-0.2, 0) is 4.79 Å². The van der Waals surface area contributed by atoms with Crippen LogP contribution >= 0.6 is 0 Å². The summed E-state index contributed by atoms with van der Waals surface area (Å²) < 4.78 is 0. The van der Waals surface area contributed by atoms with Gasteiger partial charge in [0, 0.05) is 0 Å². The molecule has 0 aromatic heterocycles. The van der Waals surface area contributed by atoms with E-state index in [-0.39, 0.29) is 17.1 Å². The molecule has 1 atom stereocenters. The number of carboxylic acids is 2. The van der Waals surface area contributed by atoms with Gasteiger partial charge in [0.2, 0.25) is 0 Å². The lowest BCUT2D eigenvalue weighted by atomic mass is 9.99. The first-order valence-electron chi connectivity index (χ1n) is 6.16. The Morgan fingerprint density at radius 3 is 2.55 bits per heavy atom. The molecule has 1 aromatic rings. The summed E-state index contributed by atoms with van der Waals surface area (Å²) in [5.74, 6) is -1.93. The normalized spacial score (nSPS) is 17.9. The van der Waals surface area contributed by atoms with Gasteiger partial charge in [-0.15, -0.1) is 0 Å². The van der Waals surface area contributed by atoms with E-state index in [4.69, 9.17) is 10.2 Å². The van der Waals surface area contributed by atoms with Crippen molar-refractivity contribution in [2.24, 2.45) is 5.92 Å². The molecule has 0 saturated carbocycles. The van der Waals surface area contributed by atoms with Gasteiger partial charge < -0.3 is 10.2 Å². The number of hydrogen-bond acceptors (Lipinski definition) is 2. The van der Waals surface area contributed by atoms with Crippen LogP contribution < -0.4 is 0 Å². The van der Waals surface area contributed by atoms with E-state index in [9.17, 15) is 9.59 Å². The number of aliphatic carboxylic acids is 1. The van der Waals surface area contributed by atoms with E-state index in [1.165, 1.54) is 6.07 Å². The van der Waals surface area contributed by atoms with Gasteiger partial charge in [-0.05, 0) is 35.3 Å². The number of carboxylic acid groups (broad SMARTS) is 2. The number of carbonyl (C=O) groups is 2. The molecular formula is C16H14O4. The Kier molecular flexibility index (Phi) is 3.84. The van der Waals surface area contributed by atoms with Crippen molar-refractivity contribution in [2.45, 2.75) is 6.92 Å². The first kappa shape index (κ1) is 13.8. The maximum Gasteiger partial charge on any atom is 0.335 e. The molecule has 102 valence electrons. The molecule has 0 saturated heterocycles. The van der Waals surface area contributed by atoms with Crippen LogP contribution in [0.15, 0.2) is 54.1 Å². The maximum atomic E-state index is 11.1. The van der Waals surface area contributed by atoms with Gasteiger partial charge in [-0.2, -0.15) is 0 Å². The highest BCUT2D eigenvalue weighted by Gasteiger charge is 2.12. The molecule has 2 N–H and O–H groups in total. The summed E-state index contributed by atoms with van der Waals surface area (Å²) in [6.07, 6.45) is 6.84. The molecule has 0 unspecified atom stereocenters. The lowest BCUT2D eigenvalue weighted by molar-refractivity contribution is -0.132. The van der Waals surface area contributed by atoms with E-state index in [0.717, 1.165) is 0 Å². The molecule has 1 aromatic carbocycles. The number of rotatable bonds is 3. The molecule has 2 rings (SSSR count). The van der Waals surface area contributed by atoms with Crippen LogP contribution in [0, 0.1) is 5.92 Å². The Balaban J connectivity index is 2.49. The van der Waals surface area contributed by atoms with Crippen molar-refractivity contribution in [1.82, 2.24) is 0 Å². The fourth-order valence-electron chi connectivity index (χ4n) is 2.00. The number of allylic oxidation sites excluding steroid dienone is 4. The molecule has 0 heterocycles. The topological polar surface area (TPSA) is 74.6 Å². The Morgan fingerprint density at radius 2 is 1.90 bits per heavy atom. The zero-order valence-electron chi connectivity index (χ0n) is 10.9. The van der Waals surface area contributed by atoms with Crippen molar-refractivity contribution in [3.8, 4) is 0 Å². The Labute approximate surface area is 116 Å². The predicted molar refractivity (Wildman–Crippen MR) is 75.4 cm³/mol. The van der Waals surface area contributed by atoms with Crippen LogP contribution in [0.4, 0.5) is 0 Å². The summed E-state index contributed by atoms with van der Waals surface area (Å²) in [4.78, 5) is 22.1. The van der Waals surface area contributed by atoms with Gasteiger partial charge in [0.1, 0.15) is 0 Å². The highest BCUT2D eigenvalue weighted by atomic mass is 16.4. The summed E-state index contributed by atoms with van der Waals surface area (Å²) >= 11 is 0. The molecular weight excluding hydrogens is 256 g/mol. The van der Waals surface area contributed by atoms with Gasteiger partial charge >= 0.3 is 11.9 Å². The van der Waals surface area contributed by atoms with Crippen LogP contribution in [0.2, 0.25) is 0 Å². The molecule has 20 heavy (non-hydrogen) atoms. The molecule has 0 bridgehead atoms.